The molecular weight excluding hydrogens is 912 g/mol. The average molecular weight is 976 g/mol. The van der Waals surface area contributed by atoms with Crippen molar-refractivity contribution in [2.75, 3.05) is 31.1 Å². The summed E-state index contributed by atoms with van der Waals surface area (Å²) in [6.07, 6.45) is 4.37. The molecule has 2 saturated heterocycles. The summed E-state index contributed by atoms with van der Waals surface area (Å²) in [5.74, 6) is 0.611. The summed E-state index contributed by atoms with van der Waals surface area (Å²) >= 11 is 7.86. The molecule has 364 valence electrons. The monoisotopic (exact) mass is 974 g/mol. The zero-order valence-electron chi connectivity index (χ0n) is 40.6. The largest absolute Gasteiger partial charge is 0.490 e. The molecule has 0 unspecified atom stereocenters. The van der Waals surface area contributed by atoms with Crippen LogP contribution in [-0.2, 0) is 9.59 Å². The molecule has 3 aliphatic rings. The third-order valence-electron chi connectivity index (χ3n) is 14.4. The molecule has 3 N–H and O–H groups in total. The number of benzene rings is 3. The lowest BCUT2D eigenvalue weighted by Crippen LogP contribution is -2.74. The Balaban J connectivity index is 0.804. The van der Waals surface area contributed by atoms with Crippen molar-refractivity contribution < 1.29 is 29.0 Å². The molecule has 1 saturated carbocycles. The van der Waals surface area contributed by atoms with Gasteiger partial charge < -0.3 is 35.0 Å². The molecule has 3 fully saturated rings. The van der Waals surface area contributed by atoms with Gasteiger partial charge in [-0.2, -0.15) is 10.4 Å². The second-order valence-electron chi connectivity index (χ2n) is 20.4. The first kappa shape index (κ1) is 49.5. The van der Waals surface area contributed by atoms with E-state index in [0.29, 0.717) is 40.2 Å². The second-order valence-corrected chi connectivity index (χ2v) is 21.7. The molecule has 0 radical (unpaired) electrons. The SMILES string of the molecule is Cc1ncsc1-c1ccc([C@H](C)NC(=O)[C@@H]2C[C@@H](O)CN2C(=O)[C@H](C(C)C)n2cc(OCC3CCN(c4ccc(C(=O)N[C@H]5C(C)(C)[C@H](Oc6ccc(C#N)c(Cl)c6)C5(C)C)cc4)CC3)cn2)cc1. The Morgan fingerprint density at radius 2 is 1.68 bits per heavy atom. The maximum Gasteiger partial charge on any atom is 0.251 e. The molecule has 2 aliphatic heterocycles. The van der Waals surface area contributed by atoms with Crippen molar-refractivity contribution in [2.45, 2.75) is 111 Å². The molecule has 3 amide bonds. The van der Waals surface area contributed by atoms with Gasteiger partial charge in [0, 0.05) is 60.2 Å². The first-order valence-electron chi connectivity index (χ1n) is 23.8. The molecule has 69 heavy (non-hydrogen) atoms. The predicted molar refractivity (Wildman–Crippen MR) is 267 cm³/mol. The minimum absolute atomic E-state index is 0.0642. The standard InChI is InChI=1S/C53H63ClN8O6S/c1-31(2)45(49(66)61-27-40(63)23-44(61)48(65)58-32(3)35-9-11-36(12-10-35)46-33(4)56-30-69-46)62-28-42(26-57-62)67-29-34-19-21-60(22-20-34)39-16-13-37(14-17-39)47(64)59-50-52(5,6)51(53(50,7)8)68-41-18-15-38(25-55)43(54)24-41/h9-18,24,26,28,30-32,34,40,44-45,50-51,63H,19-23,27,29H2,1-8H3,(H,58,65)(H,59,64)/t32-,40+,44-,45-,50-,51-/m0/s1. The number of nitrogens with zero attached hydrogens (tertiary/aromatic N) is 6. The van der Waals surface area contributed by atoms with Crippen LogP contribution in [0.25, 0.3) is 10.4 Å². The summed E-state index contributed by atoms with van der Waals surface area (Å²) in [7, 11) is 0. The van der Waals surface area contributed by atoms with Crippen molar-refractivity contribution in [2.24, 2.45) is 22.7 Å². The van der Waals surface area contributed by atoms with Crippen LogP contribution in [-0.4, -0.2) is 93.0 Å². The minimum Gasteiger partial charge on any atom is -0.490 e. The highest BCUT2D eigenvalue weighted by atomic mass is 35.5. The Morgan fingerprint density at radius 3 is 2.30 bits per heavy atom. The number of hydrogen-bond donors (Lipinski definition) is 3. The number of aryl methyl sites for hydroxylation is 1. The van der Waals surface area contributed by atoms with E-state index >= 15 is 0 Å². The van der Waals surface area contributed by atoms with Crippen LogP contribution in [0.2, 0.25) is 5.02 Å². The van der Waals surface area contributed by atoms with Gasteiger partial charge in [-0.3, -0.25) is 19.1 Å². The number of piperidine rings is 1. The summed E-state index contributed by atoms with van der Waals surface area (Å²) in [5, 5.41) is 31.3. The maximum absolute atomic E-state index is 14.3. The van der Waals surface area contributed by atoms with E-state index in [9.17, 15) is 24.8 Å². The number of thiazole rings is 1. The Hall–Kier alpha value is -5.95. The molecule has 8 rings (SSSR count). The van der Waals surface area contributed by atoms with Gasteiger partial charge in [-0.05, 0) is 86.1 Å². The van der Waals surface area contributed by atoms with Crippen LogP contribution < -0.4 is 25.0 Å². The fraction of sp³-hybridized carbons (Fsp3) is 0.472. The highest BCUT2D eigenvalue weighted by molar-refractivity contribution is 7.13. The number of likely N-dealkylation sites (tertiary alicyclic amines) is 1. The number of aliphatic hydroxyl groups is 1. The molecule has 4 heterocycles. The summed E-state index contributed by atoms with van der Waals surface area (Å²) < 4.78 is 14.3. The highest BCUT2D eigenvalue weighted by Crippen LogP contribution is 2.55. The number of aromatic nitrogens is 3. The maximum atomic E-state index is 14.3. The smallest absolute Gasteiger partial charge is 0.251 e. The van der Waals surface area contributed by atoms with Gasteiger partial charge in [0.2, 0.25) is 11.8 Å². The van der Waals surface area contributed by atoms with Gasteiger partial charge in [-0.15, -0.1) is 11.3 Å². The lowest BCUT2D eigenvalue weighted by Gasteiger charge is -2.63. The molecule has 2 aromatic heterocycles. The fourth-order valence-corrected chi connectivity index (χ4v) is 11.9. The predicted octanol–water partition coefficient (Wildman–Crippen LogP) is 8.78. The summed E-state index contributed by atoms with van der Waals surface area (Å²) in [4.78, 5) is 50.9. The molecule has 0 spiro atoms. The average Bonchev–Trinajstić information content (AvgIpc) is 4.09. The third-order valence-corrected chi connectivity index (χ3v) is 15.7. The Labute approximate surface area is 414 Å². The number of amides is 3. The zero-order chi connectivity index (χ0) is 49.4. The molecule has 14 nitrogen and oxygen atoms in total. The van der Waals surface area contributed by atoms with Gasteiger partial charge in [-0.25, -0.2) is 4.98 Å². The second kappa shape index (κ2) is 20.2. The summed E-state index contributed by atoms with van der Waals surface area (Å²) in [5.41, 5.74) is 6.11. The first-order valence-corrected chi connectivity index (χ1v) is 25.1. The van der Waals surface area contributed by atoms with Crippen molar-refractivity contribution in [3.8, 4) is 28.0 Å². The molecule has 4 atom stereocenters. The molecule has 5 aromatic rings. The third kappa shape index (κ3) is 10.3. The number of carbonyl (C=O) groups excluding carboxylic acids is 3. The Kier molecular flexibility index (Phi) is 14.5. The van der Waals surface area contributed by atoms with Gasteiger partial charge in [0.1, 0.15) is 30.0 Å². The Bertz CT molecular complexity index is 2670. The van der Waals surface area contributed by atoms with Crippen LogP contribution >= 0.6 is 22.9 Å². The van der Waals surface area contributed by atoms with Crippen LogP contribution in [0, 0.1) is 40.9 Å². The number of nitriles is 1. The molecule has 3 aromatic carbocycles. The van der Waals surface area contributed by atoms with E-state index in [1.807, 2.05) is 81.7 Å². The van der Waals surface area contributed by atoms with Crippen molar-refractivity contribution in [3.63, 3.8) is 0 Å². The number of halogens is 1. The number of β-amino-alcohol motifs (C(OH)–C–C–N with tert-alkyl or cyclic N) is 1. The summed E-state index contributed by atoms with van der Waals surface area (Å²) in [6, 6.07) is 21.0. The summed E-state index contributed by atoms with van der Waals surface area (Å²) in [6.45, 7) is 18.4. The first-order chi connectivity index (χ1) is 32.8. The van der Waals surface area contributed by atoms with E-state index in [2.05, 4.69) is 59.4 Å². The number of hydrogen-bond acceptors (Lipinski definition) is 11. The van der Waals surface area contributed by atoms with Crippen molar-refractivity contribution in [1.82, 2.24) is 30.3 Å². The van der Waals surface area contributed by atoms with Crippen LogP contribution in [0.4, 0.5) is 5.69 Å². The van der Waals surface area contributed by atoms with Gasteiger partial charge in [0.05, 0.1) is 57.8 Å². The van der Waals surface area contributed by atoms with Crippen molar-refractivity contribution >= 4 is 46.3 Å². The van der Waals surface area contributed by atoms with E-state index in [0.717, 1.165) is 53.3 Å². The normalized spacial score (nSPS) is 21.8. The number of nitrogens with one attached hydrogen (secondary N) is 2. The molecule has 0 bridgehead atoms. The van der Waals surface area contributed by atoms with Gasteiger partial charge in [-0.1, -0.05) is 77.4 Å². The van der Waals surface area contributed by atoms with E-state index in [1.165, 1.54) is 4.90 Å². The molecular formula is C53H63ClN8O6S. The number of aliphatic hydroxyl groups excluding tert-OH is 1. The zero-order valence-corrected chi connectivity index (χ0v) is 42.2. The quantitative estimate of drug-likeness (QED) is 0.0920. The topological polar surface area (TPSA) is 175 Å². The molecule has 16 heteroatoms. The van der Waals surface area contributed by atoms with Crippen LogP contribution in [0.3, 0.4) is 0 Å². The van der Waals surface area contributed by atoms with Gasteiger partial charge in [0.25, 0.3) is 5.91 Å². The number of carbonyl (C=O) groups is 3. The lowest BCUT2D eigenvalue weighted by atomic mass is 9.49. The van der Waals surface area contributed by atoms with Gasteiger partial charge >= 0.3 is 0 Å². The van der Waals surface area contributed by atoms with Crippen LogP contribution in [0.15, 0.2) is 84.6 Å². The number of ether oxygens (including phenoxy) is 2. The fourth-order valence-electron chi connectivity index (χ4n) is 10.8. The van der Waals surface area contributed by atoms with E-state index in [1.54, 1.807) is 46.6 Å². The van der Waals surface area contributed by atoms with Crippen molar-refractivity contribution in [1.29, 1.82) is 5.26 Å². The van der Waals surface area contributed by atoms with E-state index in [4.69, 9.17) is 21.1 Å². The van der Waals surface area contributed by atoms with Crippen molar-refractivity contribution in [3.05, 3.63) is 112 Å². The van der Waals surface area contributed by atoms with E-state index < -0.39 is 18.2 Å². The van der Waals surface area contributed by atoms with E-state index in [-0.39, 0.29) is 65.6 Å². The highest BCUT2D eigenvalue weighted by Gasteiger charge is 2.64. The number of rotatable bonds is 15. The van der Waals surface area contributed by atoms with Crippen LogP contribution in [0.5, 0.6) is 11.5 Å². The minimum atomic E-state index is -0.818. The molecule has 1 aliphatic carbocycles. The van der Waals surface area contributed by atoms with Crippen LogP contribution in [0.1, 0.15) is 107 Å². The van der Waals surface area contributed by atoms with Gasteiger partial charge in [0.15, 0.2) is 5.75 Å². The Morgan fingerprint density at radius 1 is 0.986 bits per heavy atom. The lowest BCUT2D eigenvalue weighted by molar-refractivity contribution is -0.164. The number of anilines is 1.